The third kappa shape index (κ3) is 2.58. The minimum Gasteiger partial charge on any atom is -0.465 e. The molecule has 0 spiro atoms. The molecule has 5 nitrogen and oxygen atoms in total. The van der Waals surface area contributed by atoms with Crippen LogP contribution in [0.1, 0.15) is 39.5 Å². The molecule has 0 aliphatic heterocycles. The lowest BCUT2D eigenvalue weighted by atomic mass is 9.65. The number of esters is 1. The lowest BCUT2D eigenvalue weighted by molar-refractivity contribution is -0.160. The fourth-order valence-electron chi connectivity index (χ4n) is 2.42. The standard InChI is InChI=1S/C13H17NO4/c1-3-18-12(17)13(8-14)6-4-5-11(16)10(13)7-9(2)15/h10H,3-7H2,1-2H3/t10-,13-/m0/s1. The van der Waals surface area contributed by atoms with E-state index in [0.29, 0.717) is 12.8 Å². The number of Topliss-reactive ketones (excluding diaryl/α,β-unsaturated/α-hetero) is 2. The van der Waals surface area contributed by atoms with Crippen molar-refractivity contribution in [3.63, 3.8) is 0 Å². The van der Waals surface area contributed by atoms with Gasteiger partial charge >= 0.3 is 5.97 Å². The van der Waals surface area contributed by atoms with E-state index in [1.54, 1.807) is 6.92 Å². The molecule has 18 heavy (non-hydrogen) atoms. The molecule has 0 heterocycles. The molecular weight excluding hydrogens is 234 g/mol. The summed E-state index contributed by atoms with van der Waals surface area (Å²) in [6, 6.07) is 1.94. The van der Waals surface area contributed by atoms with Gasteiger partial charge in [0.2, 0.25) is 0 Å². The minimum absolute atomic E-state index is 0.0643. The smallest absolute Gasteiger partial charge is 0.327 e. The number of nitriles is 1. The van der Waals surface area contributed by atoms with Crippen LogP contribution < -0.4 is 0 Å². The first-order valence-corrected chi connectivity index (χ1v) is 6.08. The van der Waals surface area contributed by atoms with Gasteiger partial charge in [0.1, 0.15) is 11.6 Å². The Kier molecular flexibility index (Phi) is 4.60. The van der Waals surface area contributed by atoms with Gasteiger partial charge in [-0.05, 0) is 26.7 Å². The predicted octanol–water partition coefficient (Wildman–Crippen LogP) is 1.41. The Morgan fingerprint density at radius 3 is 2.72 bits per heavy atom. The Labute approximate surface area is 106 Å². The van der Waals surface area contributed by atoms with Gasteiger partial charge in [-0.1, -0.05) is 0 Å². The van der Waals surface area contributed by atoms with Crippen LogP contribution in [-0.2, 0) is 19.1 Å². The number of rotatable bonds is 4. The Morgan fingerprint density at radius 2 is 2.22 bits per heavy atom. The SMILES string of the molecule is CCOC(=O)[C@]1(C#N)CCCC(=O)[C@@H]1CC(C)=O. The van der Waals surface area contributed by atoms with Gasteiger partial charge in [0.05, 0.1) is 18.6 Å². The van der Waals surface area contributed by atoms with Gasteiger partial charge in [0, 0.05) is 12.8 Å². The molecular formula is C13H17NO4. The summed E-state index contributed by atoms with van der Waals surface area (Å²) in [6.45, 7) is 3.16. The second-order valence-corrected chi connectivity index (χ2v) is 4.58. The fourth-order valence-corrected chi connectivity index (χ4v) is 2.42. The van der Waals surface area contributed by atoms with E-state index in [2.05, 4.69) is 0 Å². The van der Waals surface area contributed by atoms with Gasteiger partial charge in [-0.2, -0.15) is 5.26 Å². The van der Waals surface area contributed by atoms with Gasteiger partial charge in [-0.3, -0.25) is 9.59 Å². The average Bonchev–Trinajstić information content (AvgIpc) is 2.31. The summed E-state index contributed by atoms with van der Waals surface area (Å²) < 4.78 is 4.91. The van der Waals surface area contributed by atoms with E-state index in [-0.39, 0.29) is 31.0 Å². The van der Waals surface area contributed by atoms with Crippen molar-refractivity contribution < 1.29 is 19.1 Å². The summed E-state index contributed by atoms with van der Waals surface area (Å²) in [6.07, 6.45) is 1.03. The molecule has 2 atom stereocenters. The van der Waals surface area contributed by atoms with Crippen LogP contribution in [0.25, 0.3) is 0 Å². The second kappa shape index (κ2) is 5.76. The first kappa shape index (κ1) is 14.4. The van der Waals surface area contributed by atoms with Gasteiger partial charge in [-0.15, -0.1) is 0 Å². The summed E-state index contributed by atoms with van der Waals surface area (Å²) in [5.41, 5.74) is -1.48. The van der Waals surface area contributed by atoms with Crippen LogP contribution in [0.4, 0.5) is 0 Å². The van der Waals surface area contributed by atoms with E-state index in [0.717, 1.165) is 0 Å². The predicted molar refractivity (Wildman–Crippen MR) is 62.3 cm³/mol. The fraction of sp³-hybridized carbons (Fsp3) is 0.692. The topological polar surface area (TPSA) is 84.2 Å². The number of ether oxygens (including phenoxy) is 1. The molecule has 0 aromatic carbocycles. The molecule has 0 aromatic heterocycles. The summed E-state index contributed by atoms with van der Waals surface area (Å²) in [4.78, 5) is 35.1. The maximum Gasteiger partial charge on any atom is 0.327 e. The van der Waals surface area contributed by atoms with Crippen molar-refractivity contribution in [3.8, 4) is 6.07 Å². The molecule has 0 saturated heterocycles. The molecule has 0 N–H and O–H groups in total. The monoisotopic (exact) mass is 251 g/mol. The van der Waals surface area contributed by atoms with Crippen LogP contribution >= 0.6 is 0 Å². The van der Waals surface area contributed by atoms with E-state index in [9.17, 15) is 19.6 Å². The highest BCUT2D eigenvalue weighted by Gasteiger charge is 2.52. The van der Waals surface area contributed by atoms with E-state index in [1.165, 1.54) is 6.92 Å². The van der Waals surface area contributed by atoms with Gasteiger partial charge in [0.25, 0.3) is 0 Å². The van der Waals surface area contributed by atoms with Crippen molar-refractivity contribution in [2.45, 2.75) is 39.5 Å². The molecule has 5 heteroatoms. The van der Waals surface area contributed by atoms with Crippen molar-refractivity contribution in [2.24, 2.45) is 11.3 Å². The number of hydrogen-bond acceptors (Lipinski definition) is 5. The van der Waals surface area contributed by atoms with Crippen LogP contribution in [0.15, 0.2) is 0 Å². The Balaban J connectivity index is 3.11. The zero-order valence-electron chi connectivity index (χ0n) is 10.7. The Morgan fingerprint density at radius 1 is 1.56 bits per heavy atom. The second-order valence-electron chi connectivity index (χ2n) is 4.58. The zero-order valence-corrected chi connectivity index (χ0v) is 10.7. The molecule has 1 fully saturated rings. The number of nitrogens with zero attached hydrogens (tertiary/aromatic N) is 1. The van der Waals surface area contributed by atoms with Crippen LogP contribution in [0.2, 0.25) is 0 Å². The quantitative estimate of drug-likeness (QED) is 0.705. The van der Waals surface area contributed by atoms with Crippen LogP contribution in [0.3, 0.4) is 0 Å². The van der Waals surface area contributed by atoms with Gasteiger partial charge in [-0.25, -0.2) is 0 Å². The van der Waals surface area contributed by atoms with Crippen molar-refractivity contribution in [3.05, 3.63) is 0 Å². The number of hydrogen-bond donors (Lipinski definition) is 0. The van der Waals surface area contributed by atoms with E-state index in [1.807, 2.05) is 6.07 Å². The zero-order chi connectivity index (χ0) is 13.8. The van der Waals surface area contributed by atoms with Crippen molar-refractivity contribution in [1.82, 2.24) is 0 Å². The molecule has 0 unspecified atom stereocenters. The van der Waals surface area contributed by atoms with Crippen LogP contribution in [-0.4, -0.2) is 24.1 Å². The Bertz CT molecular complexity index is 410. The largest absolute Gasteiger partial charge is 0.465 e. The molecule has 0 aromatic rings. The summed E-state index contributed by atoms with van der Waals surface area (Å²) in [7, 11) is 0. The van der Waals surface area contributed by atoms with E-state index >= 15 is 0 Å². The Hall–Kier alpha value is -1.70. The van der Waals surface area contributed by atoms with Gasteiger partial charge in [0.15, 0.2) is 5.41 Å². The highest BCUT2D eigenvalue weighted by Crippen LogP contribution is 2.42. The molecule has 98 valence electrons. The van der Waals surface area contributed by atoms with Crippen molar-refractivity contribution in [2.75, 3.05) is 6.61 Å². The average molecular weight is 251 g/mol. The highest BCUT2D eigenvalue weighted by atomic mass is 16.5. The number of carbonyl (C=O) groups excluding carboxylic acids is 3. The van der Waals surface area contributed by atoms with Gasteiger partial charge < -0.3 is 9.53 Å². The summed E-state index contributed by atoms with van der Waals surface area (Å²) in [5, 5.41) is 9.33. The lowest BCUT2D eigenvalue weighted by Crippen LogP contribution is -2.46. The first-order chi connectivity index (χ1) is 8.47. The maximum absolute atomic E-state index is 12.0. The first-order valence-electron chi connectivity index (χ1n) is 6.08. The molecule has 1 saturated carbocycles. The summed E-state index contributed by atoms with van der Waals surface area (Å²) in [5.74, 6) is -1.91. The lowest BCUT2D eigenvalue weighted by Gasteiger charge is -2.35. The van der Waals surface area contributed by atoms with Crippen molar-refractivity contribution in [1.29, 1.82) is 5.26 Å². The van der Waals surface area contributed by atoms with Crippen LogP contribution in [0, 0.1) is 22.7 Å². The normalized spacial score (nSPS) is 27.4. The highest BCUT2D eigenvalue weighted by molar-refractivity contribution is 5.95. The minimum atomic E-state index is -1.48. The van der Waals surface area contributed by atoms with Crippen LogP contribution in [0.5, 0.6) is 0 Å². The molecule has 1 aliphatic carbocycles. The number of ketones is 2. The van der Waals surface area contributed by atoms with Crippen molar-refractivity contribution >= 4 is 17.5 Å². The number of carbonyl (C=O) groups is 3. The van der Waals surface area contributed by atoms with E-state index in [4.69, 9.17) is 4.74 Å². The molecule has 0 amide bonds. The molecule has 0 bridgehead atoms. The molecule has 0 radical (unpaired) electrons. The third-order valence-electron chi connectivity index (χ3n) is 3.31. The maximum atomic E-state index is 12.0. The third-order valence-corrected chi connectivity index (χ3v) is 3.31. The molecule has 1 aliphatic rings. The summed E-state index contributed by atoms with van der Waals surface area (Å²) >= 11 is 0. The van der Waals surface area contributed by atoms with E-state index < -0.39 is 17.3 Å². The molecule has 1 rings (SSSR count).